The molecule has 0 heterocycles. The topological polar surface area (TPSA) is 0 Å². The van der Waals surface area contributed by atoms with Crippen molar-refractivity contribution in [1.29, 1.82) is 0 Å². The van der Waals surface area contributed by atoms with Gasteiger partial charge in [-0.25, -0.2) is 0 Å². The summed E-state index contributed by atoms with van der Waals surface area (Å²) in [5, 5.41) is 11.3. The van der Waals surface area contributed by atoms with E-state index in [2.05, 4.69) is 608 Å². The van der Waals surface area contributed by atoms with E-state index in [-0.39, 0.29) is 7.43 Å². The molecule has 0 radical (unpaired) electrons. The first-order valence-corrected chi connectivity index (χ1v) is 59.6. The molecule has 0 aliphatic carbocycles. The van der Waals surface area contributed by atoms with Crippen LogP contribution in [0.4, 0.5) is 0 Å². The Morgan fingerprint density at radius 2 is 0.361 bits per heavy atom. The van der Waals surface area contributed by atoms with Crippen LogP contribution in [-0.4, -0.2) is 0 Å². The van der Waals surface area contributed by atoms with Crippen molar-refractivity contribution < 1.29 is 0 Å². The van der Waals surface area contributed by atoms with Gasteiger partial charge in [-0.3, -0.25) is 0 Å². The van der Waals surface area contributed by atoms with Gasteiger partial charge in [0.05, 0.1) is 0 Å². The summed E-state index contributed by atoms with van der Waals surface area (Å²) in [7, 11) is 41.6. The highest BCUT2D eigenvalue weighted by Gasteiger charge is 2.13. The minimum Gasteiger partial charge on any atom is -0.133 e. The van der Waals surface area contributed by atoms with E-state index in [0.29, 0.717) is 0 Å². The first-order valence-electron chi connectivity index (χ1n) is 49.5. The molecule has 0 fully saturated rings. The van der Waals surface area contributed by atoms with Gasteiger partial charge in [-0.2, -0.15) is 0 Å². The standard InChI is InChI=1S/3C15H19P3.2C15H17P.4C14H15P.CH4/c1-10-4-13(2-3-15(10)18)14-6-11(8-16)5-12(7-14)9-17;1-10-6-11(4-5-15(10)18)12-2-3-13(8-16)14(7-12)9-17;1-10-6-14(18)4-5-15(10)11-2-3-12(8-16)13(7-11)9-17;2*1-10-4-5-13(8-11(10)2)14-6-7-15(16)12(3)9-14;1-10-3-8-14(11(2)9-10)12-4-6-13(15)7-5-12;1-10-3-5-12(6-4-10)14-8-7-13(15)9-11(14)2;1-10-3-5-12(6-4-10)13-7-8-14(15)11(2)9-13;1-10-3-4-13(9-11(10)2)12-5-7-14(15)8-6-12;/h3*2-7H,8-9,16-18H2,1H3;2*4-9H,16H2,1-3H3;4*3-9H,15H2,1-2H3;1H4. The van der Waals surface area contributed by atoms with Crippen LogP contribution in [0.3, 0.4) is 0 Å². The van der Waals surface area contributed by atoms with Crippen LogP contribution in [0.1, 0.15) is 135 Å². The highest BCUT2D eigenvalue weighted by atomic mass is 31.0. The lowest BCUT2D eigenvalue weighted by atomic mass is 9.97. The molecule has 0 aromatic heterocycles. The second-order valence-electron chi connectivity index (χ2n) is 37.9. The maximum Gasteiger partial charge on any atom is -0.0125 e. The average molecular weight is 2210 g/mol. The Kier molecular flexibility index (Phi) is 51.3. The Labute approximate surface area is 920 Å². The molecule has 18 rings (SSSR count). The lowest BCUT2D eigenvalue weighted by Crippen LogP contribution is -1.96. The number of rotatable bonds is 15. The van der Waals surface area contributed by atoms with E-state index in [1.165, 1.54) is 276 Å². The van der Waals surface area contributed by atoms with Gasteiger partial charge in [0.25, 0.3) is 0 Å². The summed E-state index contributed by atoms with van der Waals surface area (Å²) < 4.78 is 0. The third-order valence-electron chi connectivity index (χ3n) is 26.4. The molecule has 15 heteroatoms. The zero-order valence-electron chi connectivity index (χ0n) is 88.4. The number of aryl methyl sites for hydroxylation is 17. The molecular formula is C132H155P15. The zero-order chi connectivity index (χ0) is 106. The maximum absolute atomic E-state index is 2.82. The molecule has 18 aromatic rings. The van der Waals surface area contributed by atoms with Crippen molar-refractivity contribution in [2.24, 2.45) is 0 Å². The predicted molar refractivity (Wildman–Crippen MR) is 719 cm³/mol. The fourth-order valence-corrected chi connectivity index (χ4v) is 20.6. The number of hydrogen-bond donors (Lipinski definition) is 0. The van der Waals surface area contributed by atoms with E-state index >= 15 is 0 Å². The second-order valence-corrected chi connectivity index (χ2v) is 46.2. The fraction of sp³-hybridized carbons (Fsp3) is 0.182. The zero-order valence-corrected chi connectivity index (χ0v) is 106. The van der Waals surface area contributed by atoms with Gasteiger partial charge in [-0.05, 0) is 414 Å². The van der Waals surface area contributed by atoms with Gasteiger partial charge in [-0.1, -0.05) is 376 Å². The molecule has 758 valence electrons. The van der Waals surface area contributed by atoms with Gasteiger partial charge in [0.1, 0.15) is 0 Å². The third-order valence-corrected chi connectivity index (χ3v) is 33.9. The highest BCUT2D eigenvalue weighted by molar-refractivity contribution is 7.29. The molecule has 0 nitrogen and oxygen atoms in total. The van der Waals surface area contributed by atoms with E-state index in [0.717, 1.165) is 37.0 Å². The molecule has 0 bridgehead atoms. The van der Waals surface area contributed by atoms with E-state index < -0.39 is 0 Å². The van der Waals surface area contributed by atoms with Crippen LogP contribution in [0.5, 0.6) is 0 Å². The van der Waals surface area contributed by atoms with Crippen molar-refractivity contribution in [1.82, 2.24) is 0 Å². The lowest BCUT2D eigenvalue weighted by molar-refractivity contribution is 1.28. The minimum absolute atomic E-state index is 0. The molecule has 0 aliphatic heterocycles. The molecule has 15 atom stereocenters. The summed E-state index contributed by atoms with van der Waals surface area (Å²) in [6.45, 7) is 36.5. The van der Waals surface area contributed by atoms with Crippen molar-refractivity contribution >= 4 is 186 Å². The van der Waals surface area contributed by atoms with Gasteiger partial charge in [-0.15, -0.1) is 139 Å². The quantitative estimate of drug-likeness (QED) is 0.0898. The Morgan fingerprint density at radius 1 is 0.136 bits per heavy atom. The van der Waals surface area contributed by atoms with E-state index in [4.69, 9.17) is 0 Å². The van der Waals surface area contributed by atoms with E-state index in [9.17, 15) is 0 Å². The lowest BCUT2D eigenvalue weighted by Gasteiger charge is -2.11. The van der Waals surface area contributed by atoms with Crippen molar-refractivity contribution in [2.75, 3.05) is 0 Å². The molecule has 15 unspecified atom stereocenters. The summed E-state index contributed by atoms with van der Waals surface area (Å²) in [6.07, 6.45) is 6.08. The normalized spacial score (nSPS) is 10.4. The first kappa shape index (κ1) is 123. The van der Waals surface area contributed by atoms with E-state index in [1.54, 1.807) is 0 Å². The molecular weight excluding hydrogens is 2050 g/mol. The van der Waals surface area contributed by atoms with Gasteiger partial charge < -0.3 is 0 Å². The Balaban J connectivity index is 0.000000184. The number of benzene rings is 18. The van der Waals surface area contributed by atoms with Crippen LogP contribution in [0.2, 0.25) is 0 Å². The molecule has 0 N–H and O–H groups in total. The van der Waals surface area contributed by atoms with Crippen molar-refractivity contribution in [3.05, 3.63) is 480 Å². The summed E-state index contributed by atoms with van der Waals surface area (Å²) in [4.78, 5) is 0. The SMILES string of the molecule is C.Cc1cc(-c2cc(CP)cc(CP)c2)ccc1P.Cc1cc(-c2ccc(CP)c(CP)c2)ccc1P.Cc1cc(P)ccc1-c1ccc(CP)c(CP)c1.Cc1ccc(-c2ccc(P)c(C)c2)cc1.Cc1ccc(-c2ccc(P)c(C)c2)cc1C.Cc1ccc(-c2ccc(P)c(C)c2)cc1C.Cc1ccc(-c2ccc(P)cc2)c(C)c1.Cc1ccc(-c2ccc(P)cc2)cc1C.Cc1ccc(-c2ccc(P)cc2C)cc1. The molecule has 0 aliphatic rings. The first-order chi connectivity index (χ1) is 69.7. The Morgan fingerprint density at radius 3 is 0.660 bits per heavy atom. The maximum atomic E-state index is 2.82. The van der Waals surface area contributed by atoms with Crippen LogP contribution in [-0.2, 0) is 37.0 Å². The summed E-state index contributed by atoms with van der Waals surface area (Å²) in [6, 6.07) is 127. The predicted octanol–water partition coefficient (Wildman–Crippen LogP) is 33.8. The van der Waals surface area contributed by atoms with Crippen LogP contribution in [0.25, 0.3) is 100 Å². The Bertz CT molecular complexity index is 7000. The minimum atomic E-state index is 0. The molecule has 0 amide bonds. The van der Waals surface area contributed by atoms with Crippen LogP contribution < -0.4 is 47.7 Å². The molecule has 147 heavy (non-hydrogen) atoms. The molecule has 0 saturated carbocycles. The summed E-state index contributed by atoms with van der Waals surface area (Å²) in [5.41, 5.74) is 54.5. The number of hydrogen-bond acceptors (Lipinski definition) is 0. The monoisotopic (exact) mass is 2200 g/mol. The van der Waals surface area contributed by atoms with Gasteiger partial charge in [0.15, 0.2) is 0 Å². The van der Waals surface area contributed by atoms with Crippen molar-refractivity contribution in [3.8, 4) is 100 Å². The smallest absolute Gasteiger partial charge is 0.0125 e. The molecule has 18 aromatic carbocycles. The second kappa shape index (κ2) is 61.3. The van der Waals surface area contributed by atoms with Crippen molar-refractivity contribution in [2.45, 2.75) is 162 Å². The highest BCUT2D eigenvalue weighted by Crippen LogP contribution is 2.35. The average Bonchev–Trinajstić information content (AvgIpc) is 0.813. The fourth-order valence-electron chi connectivity index (χ4n) is 16.6. The van der Waals surface area contributed by atoms with Crippen LogP contribution >= 0.6 is 139 Å². The molecule has 0 saturated heterocycles. The van der Waals surface area contributed by atoms with E-state index in [1.807, 2.05) is 0 Å². The third kappa shape index (κ3) is 37.7. The van der Waals surface area contributed by atoms with Gasteiger partial charge in [0, 0.05) is 0 Å². The van der Waals surface area contributed by atoms with Gasteiger partial charge >= 0.3 is 0 Å². The largest absolute Gasteiger partial charge is 0.133 e. The Hall–Kier alpha value is -7.59. The molecule has 0 spiro atoms. The summed E-state index contributed by atoms with van der Waals surface area (Å²) in [5.74, 6) is 0. The summed E-state index contributed by atoms with van der Waals surface area (Å²) >= 11 is 0. The van der Waals surface area contributed by atoms with Crippen LogP contribution in [0.15, 0.2) is 352 Å². The van der Waals surface area contributed by atoms with Crippen molar-refractivity contribution in [3.63, 3.8) is 0 Å². The van der Waals surface area contributed by atoms with Gasteiger partial charge in [0.2, 0.25) is 0 Å². The van der Waals surface area contributed by atoms with Crippen LogP contribution in [0, 0.1) is 118 Å².